The van der Waals surface area contributed by atoms with Crippen molar-refractivity contribution in [2.45, 2.75) is 45.8 Å². The van der Waals surface area contributed by atoms with Gasteiger partial charge in [0.25, 0.3) is 0 Å². The average Bonchev–Trinajstić information content (AvgIpc) is 3.42. The summed E-state index contributed by atoms with van der Waals surface area (Å²) < 4.78 is 19.7. The Bertz CT molecular complexity index is 1210. The van der Waals surface area contributed by atoms with Gasteiger partial charge in [-0.05, 0) is 71.0 Å². The van der Waals surface area contributed by atoms with Crippen molar-refractivity contribution in [1.29, 1.82) is 0 Å². The largest absolute Gasteiger partial charge is 0.484 e. The van der Waals surface area contributed by atoms with Crippen LogP contribution in [0.5, 0.6) is 11.5 Å². The number of ether oxygens (including phenoxy) is 3. The first-order valence-electron chi connectivity index (χ1n) is 10.7. The van der Waals surface area contributed by atoms with Gasteiger partial charge in [0, 0.05) is 12.4 Å². The third-order valence-corrected chi connectivity index (χ3v) is 4.65. The number of aliphatic hydroxyl groups excluding tert-OH is 1. The molecule has 0 saturated heterocycles. The standard InChI is InChI=1S/C13H16N2O3.C11H14N2O2/c1-4-17-12(16)13(2,3)18-11-6-5-10-7-8-14-15(10)9-11;1-11(2,8-14)15-10-4-3-9-5-6-12-13(9)7-10/h5-9H,4H2,1-3H3;3-7,14H,8H2,1-2H3. The van der Waals surface area contributed by atoms with E-state index < -0.39 is 11.2 Å². The van der Waals surface area contributed by atoms with E-state index in [1.165, 1.54) is 0 Å². The highest BCUT2D eigenvalue weighted by Gasteiger charge is 2.31. The topological polar surface area (TPSA) is 99.6 Å². The van der Waals surface area contributed by atoms with E-state index >= 15 is 0 Å². The first kappa shape index (κ1) is 24.1. The lowest BCUT2D eigenvalue weighted by molar-refractivity contribution is -0.158. The summed E-state index contributed by atoms with van der Waals surface area (Å²) in [5.41, 5.74) is 0.401. The third kappa shape index (κ3) is 6.23. The quantitative estimate of drug-likeness (QED) is 0.426. The van der Waals surface area contributed by atoms with Crippen LogP contribution in [0.4, 0.5) is 0 Å². The zero-order chi connectivity index (χ0) is 24.1. The van der Waals surface area contributed by atoms with Gasteiger partial charge in [0.05, 0.1) is 36.6 Å². The predicted molar refractivity (Wildman–Crippen MR) is 124 cm³/mol. The highest BCUT2D eigenvalue weighted by atomic mass is 16.6. The van der Waals surface area contributed by atoms with Gasteiger partial charge in [0.15, 0.2) is 5.60 Å². The zero-order valence-electron chi connectivity index (χ0n) is 19.6. The Kier molecular flexibility index (Phi) is 7.23. The summed E-state index contributed by atoms with van der Waals surface area (Å²) in [4.78, 5) is 11.7. The molecule has 0 fully saturated rings. The summed E-state index contributed by atoms with van der Waals surface area (Å²) in [6, 6.07) is 11.3. The molecule has 0 unspecified atom stereocenters. The fourth-order valence-corrected chi connectivity index (χ4v) is 2.90. The van der Waals surface area contributed by atoms with E-state index in [-0.39, 0.29) is 12.6 Å². The van der Waals surface area contributed by atoms with E-state index in [1.54, 1.807) is 60.7 Å². The van der Waals surface area contributed by atoms with E-state index in [1.807, 2.05) is 44.2 Å². The summed E-state index contributed by atoms with van der Waals surface area (Å²) in [7, 11) is 0. The number of nitrogens with zero attached hydrogens (tertiary/aromatic N) is 4. The number of esters is 1. The van der Waals surface area contributed by atoms with Crippen molar-refractivity contribution in [2.24, 2.45) is 0 Å². The van der Waals surface area contributed by atoms with Crippen molar-refractivity contribution in [3.63, 3.8) is 0 Å². The van der Waals surface area contributed by atoms with Gasteiger partial charge in [-0.15, -0.1) is 0 Å². The molecular formula is C24H30N4O5. The summed E-state index contributed by atoms with van der Waals surface area (Å²) in [5, 5.41) is 17.3. The Hall–Kier alpha value is -3.59. The van der Waals surface area contributed by atoms with E-state index in [0.29, 0.717) is 18.1 Å². The number of carbonyl (C=O) groups excluding carboxylic acids is 1. The fourth-order valence-electron chi connectivity index (χ4n) is 2.90. The molecule has 0 aliphatic heterocycles. The first-order valence-corrected chi connectivity index (χ1v) is 10.7. The molecule has 9 nitrogen and oxygen atoms in total. The normalized spacial score (nSPS) is 11.7. The molecule has 0 bridgehead atoms. The van der Waals surface area contributed by atoms with Crippen molar-refractivity contribution in [1.82, 2.24) is 19.2 Å². The molecule has 33 heavy (non-hydrogen) atoms. The third-order valence-electron chi connectivity index (χ3n) is 4.65. The lowest BCUT2D eigenvalue weighted by Gasteiger charge is -2.23. The Morgan fingerprint density at radius 1 is 0.879 bits per heavy atom. The second-order valence-electron chi connectivity index (χ2n) is 8.48. The summed E-state index contributed by atoms with van der Waals surface area (Å²) in [6.07, 6.45) is 6.97. The van der Waals surface area contributed by atoms with Crippen LogP contribution < -0.4 is 9.47 Å². The smallest absolute Gasteiger partial charge is 0.349 e. The van der Waals surface area contributed by atoms with Crippen LogP contribution in [0.1, 0.15) is 34.6 Å². The van der Waals surface area contributed by atoms with Gasteiger partial charge >= 0.3 is 5.97 Å². The molecule has 1 N–H and O–H groups in total. The van der Waals surface area contributed by atoms with Gasteiger partial charge in [-0.3, -0.25) is 0 Å². The highest BCUT2D eigenvalue weighted by molar-refractivity contribution is 5.79. The molecule has 0 amide bonds. The highest BCUT2D eigenvalue weighted by Crippen LogP contribution is 2.20. The van der Waals surface area contributed by atoms with Crippen molar-refractivity contribution < 1.29 is 24.1 Å². The summed E-state index contributed by atoms with van der Waals surface area (Å²) >= 11 is 0. The number of carbonyl (C=O) groups is 1. The number of aliphatic hydroxyl groups is 1. The lowest BCUT2D eigenvalue weighted by atomic mass is 10.1. The molecule has 0 radical (unpaired) electrons. The Labute approximate surface area is 192 Å². The van der Waals surface area contributed by atoms with Gasteiger partial charge in [0.2, 0.25) is 0 Å². The van der Waals surface area contributed by atoms with E-state index in [9.17, 15) is 4.79 Å². The molecule has 4 aromatic heterocycles. The molecular weight excluding hydrogens is 424 g/mol. The van der Waals surface area contributed by atoms with Crippen LogP contribution in [0.15, 0.2) is 61.2 Å². The van der Waals surface area contributed by atoms with Gasteiger partial charge in [0.1, 0.15) is 17.1 Å². The van der Waals surface area contributed by atoms with Crippen LogP contribution in [0, 0.1) is 0 Å². The maximum Gasteiger partial charge on any atom is 0.349 e. The monoisotopic (exact) mass is 454 g/mol. The molecule has 0 atom stereocenters. The van der Waals surface area contributed by atoms with Crippen LogP contribution in [0.25, 0.3) is 11.0 Å². The molecule has 0 spiro atoms. The van der Waals surface area contributed by atoms with Gasteiger partial charge in [-0.25, -0.2) is 13.8 Å². The number of aromatic nitrogens is 4. The van der Waals surface area contributed by atoms with Crippen LogP contribution in [-0.4, -0.2) is 54.7 Å². The second kappa shape index (κ2) is 9.91. The molecule has 0 aromatic carbocycles. The Balaban J connectivity index is 0.000000189. The number of fused-ring (bicyclic) bond motifs is 2. The fraction of sp³-hybridized carbons (Fsp3) is 0.375. The van der Waals surface area contributed by atoms with Gasteiger partial charge < -0.3 is 19.3 Å². The lowest BCUT2D eigenvalue weighted by Crippen LogP contribution is -2.39. The maximum absolute atomic E-state index is 11.7. The number of pyridine rings is 2. The van der Waals surface area contributed by atoms with Crippen molar-refractivity contribution in [2.75, 3.05) is 13.2 Å². The minimum atomic E-state index is -1.02. The molecule has 4 aromatic rings. The molecule has 9 heteroatoms. The van der Waals surface area contributed by atoms with Crippen molar-refractivity contribution in [3.05, 3.63) is 61.2 Å². The van der Waals surface area contributed by atoms with Gasteiger partial charge in [-0.2, -0.15) is 10.2 Å². The molecule has 4 heterocycles. The minimum absolute atomic E-state index is 0.0237. The number of hydrogen-bond acceptors (Lipinski definition) is 7. The van der Waals surface area contributed by atoms with Gasteiger partial charge in [-0.1, -0.05) is 0 Å². The Morgan fingerprint density at radius 3 is 1.88 bits per heavy atom. The minimum Gasteiger partial charge on any atom is -0.484 e. The summed E-state index contributed by atoms with van der Waals surface area (Å²) in [6.45, 7) is 9.11. The Morgan fingerprint density at radius 2 is 1.39 bits per heavy atom. The molecule has 0 saturated carbocycles. The number of hydrogen-bond donors (Lipinski definition) is 1. The van der Waals surface area contributed by atoms with E-state index in [4.69, 9.17) is 19.3 Å². The summed E-state index contributed by atoms with van der Waals surface area (Å²) in [5.74, 6) is 0.889. The molecule has 4 rings (SSSR count). The zero-order valence-corrected chi connectivity index (χ0v) is 19.6. The van der Waals surface area contributed by atoms with E-state index in [2.05, 4.69) is 10.2 Å². The van der Waals surface area contributed by atoms with Crippen molar-refractivity contribution in [3.8, 4) is 11.5 Å². The molecule has 0 aliphatic carbocycles. The second-order valence-corrected chi connectivity index (χ2v) is 8.48. The molecule has 0 aliphatic rings. The predicted octanol–water partition coefficient (Wildman–Crippen LogP) is 3.54. The average molecular weight is 455 g/mol. The van der Waals surface area contributed by atoms with Crippen molar-refractivity contribution >= 4 is 17.0 Å². The maximum atomic E-state index is 11.7. The SMILES string of the molecule is CC(C)(CO)Oc1ccc2ccnn2c1.CCOC(=O)C(C)(C)Oc1ccc2ccnn2c1. The van der Waals surface area contributed by atoms with Crippen LogP contribution in [0.2, 0.25) is 0 Å². The first-order chi connectivity index (χ1) is 15.6. The van der Waals surface area contributed by atoms with Crippen LogP contribution in [-0.2, 0) is 9.53 Å². The number of rotatable bonds is 7. The van der Waals surface area contributed by atoms with Crippen LogP contribution in [0.3, 0.4) is 0 Å². The molecule has 176 valence electrons. The van der Waals surface area contributed by atoms with E-state index in [0.717, 1.165) is 11.0 Å². The van der Waals surface area contributed by atoms with Crippen LogP contribution >= 0.6 is 0 Å².